The molecule has 0 aromatic heterocycles. The fourth-order valence-electron chi connectivity index (χ4n) is 1.61. The lowest BCUT2D eigenvalue weighted by Gasteiger charge is -2.12. The van der Waals surface area contributed by atoms with Gasteiger partial charge in [0.15, 0.2) is 0 Å². The molecule has 0 atom stereocenters. The molecule has 0 radical (unpaired) electrons. The maximum atomic E-state index is 11.8. The van der Waals surface area contributed by atoms with Crippen molar-refractivity contribution in [2.45, 2.75) is 6.92 Å². The fraction of sp³-hybridized carbons (Fsp3) is 0.167. The third-order valence-electron chi connectivity index (χ3n) is 2.47. The van der Waals surface area contributed by atoms with E-state index in [-0.39, 0.29) is 11.8 Å². The molecule has 5 heteroatoms. The Morgan fingerprint density at radius 2 is 2.00 bits per heavy atom. The van der Waals surface area contributed by atoms with Crippen molar-refractivity contribution in [3.63, 3.8) is 0 Å². The summed E-state index contributed by atoms with van der Waals surface area (Å²) in [4.78, 5) is 24.5. The Kier molecular flexibility index (Phi) is 3.28. The molecule has 0 fully saturated rings. The molecular weight excluding hydrogens is 284 g/mol. The largest absolute Gasteiger partial charge is 0.350 e. The maximum absolute atomic E-state index is 11.8. The molecule has 1 aliphatic heterocycles. The van der Waals surface area contributed by atoms with Gasteiger partial charge in [0.1, 0.15) is 5.70 Å². The Labute approximate surface area is 107 Å². The quantitative estimate of drug-likeness (QED) is 0.869. The average molecular weight is 295 g/mol. The van der Waals surface area contributed by atoms with Crippen molar-refractivity contribution >= 4 is 33.4 Å². The van der Waals surface area contributed by atoms with Crippen LogP contribution in [0.4, 0.5) is 5.69 Å². The maximum Gasteiger partial charge on any atom is 0.277 e. The van der Waals surface area contributed by atoms with E-state index in [1.165, 1.54) is 11.0 Å². The van der Waals surface area contributed by atoms with Crippen LogP contribution in [0.15, 0.2) is 40.5 Å². The molecule has 0 aliphatic carbocycles. The van der Waals surface area contributed by atoms with Crippen LogP contribution in [-0.2, 0) is 9.59 Å². The van der Waals surface area contributed by atoms with Crippen molar-refractivity contribution < 1.29 is 9.59 Å². The van der Waals surface area contributed by atoms with E-state index in [1.807, 2.05) is 24.3 Å². The number of nitrogens with one attached hydrogen (secondary N) is 1. The molecule has 1 N–H and O–H groups in total. The van der Waals surface area contributed by atoms with E-state index in [0.717, 1.165) is 10.2 Å². The van der Waals surface area contributed by atoms with Crippen LogP contribution in [0.25, 0.3) is 0 Å². The van der Waals surface area contributed by atoms with Gasteiger partial charge in [-0.25, -0.2) is 0 Å². The number of rotatable bonds is 3. The number of halogens is 1. The second-order valence-corrected chi connectivity index (χ2v) is 4.40. The van der Waals surface area contributed by atoms with Crippen LogP contribution >= 0.6 is 15.9 Å². The number of hydrogen-bond acceptors (Lipinski definition) is 3. The first-order valence-electron chi connectivity index (χ1n) is 5.22. The molecule has 0 bridgehead atoms. The second-order valence-electron chi connectivity index (χ2n) is 3.55. The minimum Gasteiger partial charge on any atom is -0.350 e. The van der Waals surface area contributed by atoms with Gasteiger partial charge in [0.25, 0.3) is 11.8 Å². The normalized spacial score (nSPS) is 15.2. The monoisotopic (exact) mass is 294 g/mol. The number of likely N-dealkylation sites (N-methyl/N-ethyl adjacent to an activating group) is 1. The molecule has 0 unspecified atom stereocenters. The van der Waals surface area contributed by atoms with E-state index >= 15 is 0 Å². The van der Waals surface area contributed by atoms with Gasteiger partial charge in [0.05, 0.1) is 5.69 Å². The number of carbonyl (C=O) groups excluding carboxylic acids is 2. The zero-order chi connectivity index (χ0) is 12.4. The Hall–Kier alpha value is -1.62. The van der Waals surface area contributed by atoms with Crippen molar-refractivity contribution in [3.05, 3.63) is 40.5 Å². The van der Waals surface area contributed by atoms with Crippen LogP contribution in [0.1, 0.15) is 6.92 Å². The first kappa shape index (κ1) is 11.9. The third kappa shape index (κ3) is 2.24. The smallest absolute Gasteiger partial charge is 0.277 e. The van der Waals surface area contributed by atoms with Crippen molar-refractivity contribution in [1.29, 1.82) is 0 Å². The zero-order valence-corrected chi connectivity index (χ0v) is 10.8. The molecule has 4 nitrogen and oxygen atoms in total. The summed E-state index contributed by atoms with van der Waals surface area (Å²) >= 11 is 3.37. The van der Waals surface area contributed by atoms with Gasteiger partial charge in [-0.2, -0.15) is 0 Å². The molecular formula is C12H11BrN2O2. The number of imide groups is 1. The number of hydrogen-bond donors (Lipinski definition) is 1. The molecule has 88 valence electrons. The Morgan fingerprint density at radius 1 is 1.29 bits per heavy atom. The minimum atomic E-state index is -0.284. The first-order valence-corrected chi connectivity index (χ1v) is 6.02. The number of para-hydroxylation sites is 1. The summed E-state index contributed by atoms with van der Waals surface area (Å²) in [6.45, 7) is 2.15. The van der Waals surface area contributed by atoms with Gasteiger partial charge in [-0.3, -0.25) is 14.5 Å². The zero-order valence-electron chi connectivity index (χ0n) is 9.24. The van der Waals surface area contributed by atoms with Gasteiger partial charge in [-0.05, 0) is 35.0 Å². The van der Waals surface area contributed by atoms with Gasteiger partial charge in [-0.15, -0.1) is 0 Å². The van der Waals surface area contributed by atoms with Gasteiger partial charge in [0, 0.05) is 17.1 Å². The molecule has 0 saturated carbocycles. The molecule has 17 heavy (non-hydrogen) atoms. The molecule has 1 aliphatic rings. The Bertz CT molecular complexity index is 511. The van der Waals surface area contributed by atoms with Crippen LogP contribution in [0.5, 0.6) is 0 Å². The summed E-state index contributed by atoms with van der Waals surface area (Å²) in [5.74, 6) is -0.555. The number of amides is 2. The second kappa shape index (κ2) is 4.71. The predicted octanol–water partition coefficient (Wildman–Crippen LogP) is 2.13. The highest BCUT2D eigenvalue weighted by Crippen LogP contribution is 2.24. The highest BCUT2D eigenvalue weighted by molar-refractivity contribution is 9.10. The lowest BCUT2D eigenvalue weighted by molar-refractivity contribution is -0.136. The summed E-state index contributed by atoms with van der Waals surface area (Å²) in [6.07, 6.45) is 1.32. The molecule has 0 spiro atoms. The van der Waals surface area contributed by atoms with E-state index < -0.39 is 0 Å². The molecule has 1 aromatic rings. The summed E-state index contributed by atoms with van der Waals surface area (Å²) < 4.78 is 0.844. The lowest BCUT2D eigenvalue weighted by atomic mass is 10.3. The number of benzene rings is 1. The fourth-order valence-corrected chi connectivity index (χ4v) is 1.99. The number of carbonyl (C=O) groups is 2. The minimum absolute atomic E-state index is 0.271. The first-order chi connectivity index (χ1) is 8.13. The Balaban J connectivity index is 2.22. The van der Waals surface area contributed by atoms with Gasteiger partial charge >= 0.3 is 0 Å². The summed E-state index contributed by atoms with van der Waals surface area (Å²) in [7, 11) is 0. The summed E-state index contributed by atoms with van der Waals surface area (Å²) in [5, 5.41) is 2.96. The molecule has 0 saturated heterocycles. The summed E-state index contributed by atoms with van der Waals surface area (Å²) in [6, 6.07) is 7.43. The van der Waals surface area contributed by atoms with Crippen molar-refractivity contribution in [3.8, 4) is 0 Å². The van der Waals surface area contributed by atoms with Crippen molar-refractivity contribution in [2.24, 2.45) is 0 Å². The van der Waals surface area contributed by atoms with Crippen molar-refractivity contribution in [1.82, 2.24) is 4.90 Å². The van der Waals surface area contributed by atoms with E-state index in [0.29, 0.717) is 12.2 Å². The highest BCUT2D eigenvalue weighted by atomic mass is 79.9. The van der Waals surface area contributed by atoms with Gasteiger partial charge in [-0.1, -0.05) is 12.1 Å². The number of nitrogens with zero attached hydrogens (tertiary/aromatic N) is 1. The van der Waals surface area contributed by atoms with E-state index in [2.05, 4.69) is 21.2 Å². The predicted molar refractivity (Wildman–Crippen MR) is 68.2 cm³/mol. The van der Waals surface area contributed by atoms with Crippen LogP contribution < -0.4 is 5.32 Å². The Morgan fingerprint density at radius 3 is 2.59 bits per heavy atom. The van der Waals surface area contributed by atoms with E-state index in [1.54, 1.807) is 6.92 Å². The SMILES string of the molecule is CCN1C(=O)C=C(Nc2ccccc2Br)C1=O. The lowest BCUT2D eigenvalue weighted by Crippen LogP contribution is -2.31. The average Bonchev–Trinajstić information content (AvgIpc) is 2.57. The van der Waals surface area contributed by atoms with Crippen molar-refractivity contribution in [2.75, 3.05) is 11.9 Å². The van der Waals surface area contributed by atoms with Crippen LogP contribution in [0.2, 0.25) is 0 Å². The molecule has 2 amide bonds. The molecule has 1 heterocycles. The van der Waals surface area contributed by atoms with Gasteiger partial charge in [0.2, 0.25) is 0 Å². The summed E-state index contributed by atoms with van der Waals surface area (Å²) in [5.41, 5.74) is 1.07. The van der Waals surface area contributed by atoms with E-state index in [4.69, 9.17) is 0 Å². The highest BCUT2D eigenvalue weighted by Gasteiger charge is 2.29. The molecule has 2 rings (SSSR count). The standard InChI is InChI=1S/C12H11BrN2O2/c1-2-15-11(16)7-10(12(15)17)14-9-6-4-3-5-8(9)13/h3-7,14H,2H2,1H3. The molecule has 1 aromatic carbocycles. The third-order valence-corrected chi connectivity index (χ3v) is 3.16. The van der Waals surface area contributed by atoms with Crippen LogP contribution in [0.3, 0.4) is 0 Å². The van der Waals surface area contributed by atoms with E-state index in [9.17, 15) is 9.59 Å². The van der Waals surface area contributed by atoms with Crippen LogP contribution in [0, 0.1) is 0 Å². The van der Waals surface area contributed by atoms with Crippen LogP contribution in [-0.4, -0.2) is 23.3 Å². The van der Waals surface area contributed by atoms with Gasteiger partial charge < -0.3 is 5.32 Å². The number of anilines is 1. The topological polar surface area (TPSA) is 49.4 Å².